The molecule has 0 bridgehead atoms. The van der Waals surface area contributed by atoms with Crippen molar-refractivity contribution in [1.29, 1.82) is 0 Å². The fourth-order valence-electron chi connectivity index (χ4n) is 1.86. The van der Waals surface area contributed by atoms with Crippen LogP contribution in [-0.2, 0) is 16.0 Å². The molecule has 1 aromatic rings. The van der Waals surface area contributed by atoms with E-state index in [1.165, 1.54) is 12.7 Å². The summed E-state index contributed by atoms with van der Waals surface area (Å²) < 4.78 is 4.61. The molecule has 0 heterocycles. The maximum atomic E-state index is 11.2. The van der Waals surface area contributed by atoms with E-state index in [0.29, 0.717) is 12.3 Å². The molecule has 0 fully saturated rings. The van der Waals surface area contributed by atoms with Crippen LogP contribution in [0.4, 0.5) is 0 Å². The second kappa shape index (κ2) is 7.07. The molecule has 0 saturated carbocycles. The Balaban J connectivity index is 2.30. The van der Waals surface area contributed by atoms with Crippen LogP contribution in [-0.4, -0.2) is 19.1 Å². The van der Waals surface area contributed by atoms with E-state index in [4.69, 9.17) is 5.73 Å². The molecule has 2 unspecified atom stereocenters. The zero-order valence-electron chi connectivity index (χ0n) is 10.6. The fourth-order valence-corrected chi connectivity index (χ4v) is 1.86. The highest BCUT2D eigenvalue weighted by Gasteiger charge is 2.16. The number of ether oxygens (including phenoxy) is 1. The fraction of sp³-hybridized carbons (Fsp3) is 0.500. The summed E-state index contributed by atoms with van der Waals surface area (Å²) in [6, 6.07) is 9.84. The monoisotopic (exact) mass is 235 g/mol. The molecule has 3 nitrogen and oxygen atoms in total. The molecule has 0 amide bonds. The Kier molecular flexibility index (Phi) is 5.70. The smallest absolute Gasteiger partial charge is 0.322 e. The van der Waals surface area contributed by atoms with E-state index in [1.54, 1.807) is 0 Å². The van der Waals surface area contributed by atoms with Crippen molar-refractivity contribution in [2.24, 2.45) is 11.7 Å². The van der Waals surface area contributed by atoms with E-state index in [-0.39, 0.29) is 5.97 Å². The minimum atomic E-state index is -0.495. The molecule has 0 aliphatic carbocycles. The SMILES string of the molecule is COC(=O)C(N)CC(C)CCc1ccccc1. The lowest BCUT2D eigenvalue weighted by Crippen LogP contribution is -2.33. The summed E-state index contributed by atoms with van der Waals surface area (Å²) in [5.74, 6) is 0.0980. The molecular formula is C14H21NO2. The maximum Gasteiger partial charge on any atom is 0.322 e. The van der Waals surface area contributed by atoms with Gasteiger partial charge in [0.2, 0.25) is 0 Å². The lowest BCUT2D eigenvalue weighted by molar-refractivity contribution is -0.142. The van der Waals surface area contributed by atoms with Crippen molar-refractivity contribution in [3.8, 4) is 0 Å². The molecule has 0 radical (unpaired) electrons. The normalized spacial score (nSPS) is 14.1. The first-order chi connectivity index (χ1) is 8.13. The van der Waals surface area contributed by atoms with Gasteiger partial charge in [-0.15, -0.1) is 0 Å². The van der Waals surface area contributed by atoms with Gasteiger partial charge in [0, 0.05) is 0 Å². The number of carbonyl (C=O) groups is 1. The molecule has 17 heavy (non-hydrogen) atoms. The number of hydrogen-bond donors (Lipinski definition) is 1. The number of methoxy groups -OCH3 is 1. The maximum absolute atomic E-state index is 11.2. The molecule has 0 aliphatic heterocycles. The average molecular weight is 235 g/mol. The molecule has 2 atom stereocenters. The van der Waals surface area contributed by atoms with Crippen molar-refractivity contribution in [1.82, 2.24) is 0 Å². The zero-order valence-corrected chi connectivity index (χ0v) is 10.6. The van der Waals surface area contributed by atoms with Crippen LogP contribution < -0.4 is 5.73 Å². The van der Waals surface area contributed by atoms with Gasteiger partial charge in [0.25, 0.3) is 0 Å². The minimum absolute atomic E-state index is 0.323. The number of esters is 1. The summed E-state index contributed by atoms with van der Waals surface area (Å²) in [5.41, 5.74) is 7.05. The molecule has 0 aromatic heterocycles. The van der Waals surface area contributed by atoms with E-state index < -0.39 is 6.04 Å². The van der Waals surface area contributed by atoms with Gasteiger partial charge in [0.05, 0.1) is 7.11 Å². The van der Waals surface area contributed by atoms with Crippen LogP contribution >= 0.6 is 0 Å². The van der Waals surface area contributed by atoms with E-state index in [9.17, 15) is 4.79 Å². The van der Waals surface area contributed by atoms with Crippen molar-refractivity contribution < 1.29 is 9.53 Å². The molecule has 94 valence electrons. The Morgan fingerprint density at radius 2 is 2.00 bits per heavy atom. The number of nitrogens with two attached hydrogens (primary N) is 1. The van der Waals surface area contributed by atoms with Gasteiger partial charge in [0.15, 0.2) is 0 Å². The van der Waals surface area contributed by atoms with Crippen LogP contribution in [0.5, 0.6) is 0 Å². The summed E-state index contributed by atoms with van der Waals surface area (Å²) >= 11 is 0. The quantitative estimate of drug-likeness (QED) is 0.769. The number of aryl methyl sites for hydroxylation is 1. The Hall–Kier alpha value is -1.35. The van der Waals surface area contributed by atoms with Crippen molar-refractivity contribution >= 4 is 5.97 Å². The Morgan fingerprint density at radius 1 is 1.35 bits per heavy atom. The van der Waals surface area contributed by atoms with Gasteiger partial charge < -0.3 is 10.5 Å². The lowest BCUT2D eigenvalue weighted by Gasteiger charge is -2.15. The van der Waals surface area contributed by atoms with Crippen LogP contribution in [0.1, 0.15) is 25.3 Å². The van der Waals surface area contributed by atoms with Crippen LogP contribution in [0.25, 0.3) is 0 Å². The zero-order chi connectivity index (χ0) is 12.7. The van der Waals surface area contributed by atoms with Crippen LogP contribution in [0.15, 0.2) is 30.3 Å². The third-order valence-electron chi connectivity index (χ3n) is 2.93. The summed E-state index contributed by atoms with van der Waals surface area (Å²) in [5, 5.41) is 0. The Labute approximate surface area is 103 Å². The highest BCUT2D eigenvalue weighted by Crippen LogP contribution is 2.14. The van der Waals surface area contributed by atoms with Crippen molar-refractivity contribution in [2.75, 3.05) is 7.11 Å². The van der Waals surface area contributed by atoms with E-state index in [0.717, 1.165) is 12.8 Å². The standard InChI is InChI=1S/C14H21NO2/c1-11(10-13(15)14(16)17-2)8-9-12-6-4-3-5-7-12/h3-7,11,13H,8-10,15H2,1-2H3. The predicted molar refractivity (Wildman–Crippen MR) is 68.5 cm³/mol. The van der Waals surface area contributed by atoms with Gasteiger partial charge >= 0.3 is 5.97 Å². The molecule has 3 heteroatoms. The summed E-state index contributed by atoms with van der Waals surface area (Å²) in [7, 11) is 1.37. The lowest BCUT2D eigenvalue weighted by atomic mass is 9.95. The van der Waals surface area contributed by atoms with Crippen LogP contribution in [0.3, 0.4) is 0 Å². The Bertz CT molecular complexity index is 337. The summed E-state index contributed by atoms with van der Waals surface area (Å²) in [6.07, 6.45) is 2.74. The average Bonchev–Trinajstić information content (AvgIpc) is 2.36. The molecule has 2 N–H and O–H groups in total. The second-order valence-electron chi connectivity index (χ2n) is 4.49. The largest absolute Gasteiger partial charge is 0.468 e. The summed E-state index contributed by atoms with van der Waals surface area (Å²) in [6.45, 7) is 2.12. The molecular weight excluding hydrogens is 214 g/mol. The second-order valence-corrected chi connectivity index (χ2v) is 4.49. The van der Waals surface area contributed by atoms with E-state index >= 15 is 0 Å². The van der Waals surface area contributed by atoms with Crippen molar-refractivity contribution in [3.05, 3.63) is 35.9 Å². The van der Waals surface area contributed by atoms with Gasteiger partial charge in [-0.3, -0.25) is 4.79 Å². The minimum Gasteiger partial charge on any atom is -0.468 e. The van der Waals surface area contributed by atoms with Gasteiger partial charge in [-0.2, -0.15) is 0 Å². The van der Waals surface area contributed by atoms with E-state index in [2.05, 4.69) is 23.8 Å². The van der Waals surface area contributed by atoms with E-state index in [1.807, 2.05) is 18.2 Å². The topological polar surface area (TPSA) is 52.3 Å². The highest BCUT2D eigenvalue weighted by molar-refractivity contribution is 5.75. The number of carbonyl (C=O) groups excluding carboxylic acids is 1. The third-order valence-corrected chi connectivity index (χ3v) is 2.93. The van der Waals surface area contributed by atoms with Crippen LogP contribution in [0, 0.1) is 5.92 Å². The van der Waals surface area contributed by atoms with Gasteiger partial charge in [-0.1, -0.05) is 37.3 Å². The van der Waals surface area contributed by atoms with Crippen molar-refractivity contribution in [3.63, 3.8) is 0 Å². The molecule has 0 aliphatic rings. The van der Waals surface area contributed by atoms with Crippen molar-refractivity contribution in [2.45, 2.75) is 32.2 Å². The number of hydrogen-bond acceptors (Lipinski definition) is 3. The summed E-state index contributed by atoms with van der Waals surface area (Å²) in [4.78, 5) is 11.2. The first kappa shape index (κ1) is 13.7. The molecule has 1 aromatic carbocycles. The van der Waals surface area contributed by atoms with Gasteiger partial charge in [-0.05, 0) is 30.7 Å². The Morgan fingerprint density at radius 3 is 2.59 bits per heavy atom. The van der Waals surface area contributed by atoms with Crippen LogP contribution in [0.2, 0.25) is 0 Å². The predicted octanol–water partition coefficient (Wildman–Crippen LogP) is 2.15. The van der Waals surface area contributed by atoms with Gasteiger partial charge in [0.1, 0.15) is 6.04 Å². The highest BCUT2D eigenvalue weighted by atomic mass is 16.5. The first-order valence-corrected chi connectivity index (χ1v) is 6.00. The molecule has 0 spiro atoms. The molecule has 0 saturated heterocycles. The number of benzene rings is 1. The molecule has 1 rings (SSSR count). The number of rotatable bonds is 6. The third kappa shape index (κ3) is 5.00. The first-order valence-electron chi connectivity index (χ1n) is 6.00. The van der Waals surface area contributed by atoms with Gasteiger partial charge in [-0.25, -0.2) is 0 Å².